The number of carboxylic acid groups (broad SMARTS) is 1. The molecule has 2 atom stereocenters. The zero-order valence-electron chi connectivity index (χ0n) is 9.49. The van der Waals surface area contributed by atoms with Crippen LogP contribution in [0.3, 0.4) is 0 Å². The summed E-state index contributed by atoms with van der Waals surface area (Å²) in [6.07, 6.45) is 0.946. The number of carboxylic acids is 1. The Kier molecular flexibility index (Phi) is 6.49. The Morgan fingerprint density at radius 1 is 1.50 bits per heavy atom. The highest BCUT2D eigenvalue weighted by Gasteiger charge is 2.23. The second kappa shape index (κ2) is 6.79. The van der Waals surface area contributed by atoms with E-state index in [9.17, 15) is 4.79 Å². The van der Waals surface area contributed by atoms with Crippen molar-refractivity contribution in [1.82, 2.24) is 4.90 Å². The smallest absolute Gasteiger partial charge is 0.320 e. The second-order valence-corrected chi connectivity index (χ2v) is 3.50. The minimum atomic E-state index is -0.776. The van der Waals surface area contributed by atoms with Gasteiger partial charge in [0.25, 0.3) is 0 Å². The first-order valence-corrected chi connectivity index (χ1v) is 5.02. The molecule has 0 rings (SSSR count). The molecular weight excluding hydrogens is 182 g/mol. The van der Waals surface area contributed by atoms with Gasteiger partial charge < -0.3 is 9.84 Å². The van der Waals surface area contributed by atoms with Crippen molar-refractivity contribution in [2.75, 3.05) is 20.3 Å². The fourth-order valence-corrected chi connectivity index (χ4v) is 1.37. The average Bonchev–Trinajstić information content (AvgIpc) is 2.17. The molecule has 0 saturated carbocycles. The average molecular weight is 203 g/mol. The lowest BCUT2D eigenvalue weighted by molar-refractivity contribution is -0.143. The Hall–Kier alpha value is -0.610. The van der Waals surface area contributed by atoms with Gasteiger partial charge in [-0.3, -0.25) is 9.69 Å². The van der Waals surface area contributed by atoms with E-state index in [-0.39, 0.29) is 6.04 Å². The van der Waals surface area contributed by atoms with Crippen LogP contribution >= 0.6 is 0 Å². The minimum Gasteiger partial charge on any atom is -0.480 e. The van der Waals surface area contributed by atoms with E-state index in [0.717, 1.165) is 6.42 Å². The third kappa shape index (κ3) is 4.07. The maximum absolute atomic E-state index is 10.8. The minimum absolute atomic E-state index is 0.274. The fraction of sp³-hybridized carbons (Fsp3) is 0.900. The molecule has 14 heavy (non-hydrogen) atoms. The molecule has 0 aliphatic rings. The Balaban J connectivity index is 4.29. The normalized spacial score (nSPS) is 15.5. The van der Waals surface area contributed by atoms with Gasteiger partial charge in [0.15, 0.2) is 0 Å². The molecule has 84 valence electrons. The maximum atomic E-state index is 10.8. The number of nitrogens with zero attached hydrogens (tertiary/aromatic N) is 1. The van der Waals surface area contributed by atoms with Gasteiger partial charge in [-0.05, 0) is 20.3 Å². The summed E-state index contributed by atoms with van der Waals surface area (Å²) in [4.78, 5) is 12.8. The monoisotopic (exact) mass is 203 g/mol. The summed E-state index contributed by atoms with van der Waals surface area (Å²) in [5.74, 6) is -0.776. The van der Waals surface area contributed by atoms with Crippen molar-refractivity contribution in [2.45, 2.75) is 39.3 Å². The molecule has 0 saturated heterocycles. The van der Waals surface area contributed by atoms with Crippen LogP contribution in [-0.2, 0) is 9.53 Å². The quantitative estimate of drug-likeness (QED) is 0.675. The molecule has 2 unspecified atom stereocenters. The van der Waals surface area contributed by atoms with Gasteiger partial charge in [-0.1, -0.05) is 6.92 Å². The van der Waals surface area contributed by atoms with Crippen LogP contribution in [0.5, 0.6) is 0 Å². The Morgan fingerprint density at radius 2 is 2.07 bits per heavy atom. The molecule has 4 nitrogen and oxygen atoms in total. The highest BCUT2D eigenvalue weighted by molar-refractivity contribution is 5.72. The van der Waals surface area contributed by atoms with Gasteiger partial charge in [-0.2, -0.15) is 0 Å². The zero-order chi connectivity index (χ0) is 11.1. The van der Waals surface area contributed by atoms with Gasteiger partial charge >= 0.3 is 5.97 Å². The third-order valence-corrected chi connectivity index (χ3v) is 2.57. The van der Waals surface area contributed by atoms with Crippen LogP contribution in [0.25, 0.3) is 0 Å². The molecule has 0 bridgehead atoms. The van der Waals surface area contributed by atoms with Crippen LogP contribution in [0.15, 0.2) is 0 Å². The van der Waals surface area contributed by atoms with Crippen LogP contribution in [0.2, 0.25) is 0 Å². The van der Waals surface area contributed by atoms with Crippen molar-refractivity contribution in [3.8, 4) is 0 Å². The number of carbonyl (C=O) groups is 1. The molecule has 0 aliphatic heterocycles. The summed E-state index contributed by atoms with van der Waals surface area (Å²) < 4.78 is 4.96. The lowest BCUT2D eigenvalue weighted by atomic mass is 10.1. The van der Waals surface area contributed by atoms with E-state index >= 15 is 0 Å². The SMILES string of the molecule is CCC(C)N(CCOC)C(C)C(=O)O. The highest BCUT2D eigenvalue weighted by atomic mass is 16.5. The summed E-state index contributed by atoms with van der Waals surface area (Å²) in [5, 5.41) is 8.91. The summed E-state index contributed by atoms with van der Waals surface area (Å²) in [5.41, 5.74) is 0. The first-order valence-electron chi connectivity index (χ1n) is 5.02. The summed E-state index contributed by atoms with van der Waals surface area (Å²) in [7, 11) is 1.63. The lowest BCUT2D eigenvalue weighted by Crippen LogP contribution is -2.45. The van der Waals surface area contributed by atoms with E-state index in [0.29, 0.717) is 13.2 Å². The largest absolute Gasteiger partial charge is 0.480 e. The fourth-order valence-electron chi connectivity index (χ4n) is 1.37. The van der Waals surface area contributed by atoms with Gasteiger partial charge in [-0.25, -0.2) is 0 Å². The van der Waals surface area contributed by atoms with Gasteiger partial charge in [0.2, 0.25) is 0 Å². The third-order valence-electron chi connectivity index (χ3n) is 2.57. The van der Waals surface area contributed by atoms with Crippen molar-refractivity contribution in [1.29, 1.82) is 0 Å². The van der Waals surface area contributed by atoms with E-state index in [1.54, 1.807) is 14.0 Å². The highest BCUT2D eigenvalue weighted by Crippen LogP contribution is 2.08. The topological polar surface area (TPSA) is 49.8 Å². The first-order chi connectivity index (χ1) is 6.54. The molecule has 0 aromatic carbocycles. The van der Waals surface area contributed by atoms with E-state index in [1.807, 2.05) is 11.8 Å². The summed E-state index contributed by atoms with van der Waals surface area (Å²) in [6, 6.07) is -0.170. The number of ether oxygens (including phenoxy) is 1. The predicted molar refractivity (Wildman–Crippen MR) is 55.4 cm³/mol. The number of hydrogen-bond donors (Lipinski definition) is 1. The lowest BCUT2D eigenvalue weighted by Gasteiger charge is -2.31. The van der Waals surface area contributed by atoms with Gasteiger partial charge in [0, 0.05) is 19.7 Å². The molecule has 0 aromatic heterocycles. The Morgan fingerprint density at radius 3 is 2.43 bits per heavy atom. The molecule has 0 spiro atoms. The van der Waals surface area contributed by atoms with Crippen LogP contribution < -0.4 is 0 Å². The van der Waals surface area contributed by atoms with Crippen molar-refractivity contribution in [3.63, 3.8) is 0 Å². The molecule has 1 N–H and O–H groups in total. The number of hydrogen-bond acceptors (Lipinski definition) is 3. The Bertz CT molecular complexity index is 173. The van der Waals surface area contributed by atoms with Gasteiger partial charge in [0.05, 0.1) is 6.61 Å². The van der Waals surface area contributed by atoms with Crippen molar-refractivity contribution in [3.05, 3.63) is 0 Å². The standard InChI is InChI=1S/C10H21NO3/c1-5-8(2)11(6-7-14-4)9(3)10(12)13/h8-9H,5-7H2,1-4H3,(H,12,13). The Labute approximate surface area is 85.9 Å². The van der Waals surface area contributed by atoms with E-state index < -0.39 is 12.0 Å². The number of aliphatic carboxylic acids is 1. The zero-order valence-corrected chi connectivity index (χ0v) is 9.49. The molecule has 0 heterocycles. The molecule has 0 amide bonds. The maximum Gasteiger partial charge on any atom is 0.320 e. The van der Waals surface area contributed by atoms with E-state index in [4.69, 9.17) is 9.84 Å². The molecular formula is C10H21NO3. The number of methoxy groups -OCH3 is 1. The summed E-state index contributed by atoms with van der Waals surface area (Å²) in [6.45, 7) is 7.04. The van der Waals surface area contributed by atoms with Crippen LogP contribution in [0.1, 0.15) is 27.2 Å². The summed E-state index contributed by atoms with van der Waals surface area (Å²) >= 11 is 0. The number of rotatable bonds is 7. The van der Waals surface area contributed by atoms with Crippen molar-refractivity contribution in [2.24, 2.45) is 0 Å². The van der Waals surface area contributed by atoms with E-state index in [2.05, 4.69) is 6.92 Å². The van der Waals surface area contributed by atoms with Crippen molar-refractivity contribution >= 4 is 5.97 Å². The van der Waals surface area contributed by atoms with Crippen LogP contribution in [-0.4, -0.2) is 48.3 Å². The molecule has 0 fully saturated rings. The van der Waals surface area contributed by atoms with Crippen molar-refractivity contribution < 1.29 is 14.6 Å². The molecule has 0 radical (unpaired) electrons. The van der Waals surface area contributed by atoms with Crippen LogP contribution in [0, 0.1) is 0 Å². The second-order valence-electron chi connectivity index (χ2n) is 3.50. The van der Waals surface area contributed by atoms with Gasteiger partial charge in [0.1, 0.15) is 6.04 Å². The molecule has 0 aromatic rings. The molecule has 4 heteroatoms. The van der Waals surface area contributed by atoms with E-state index in [1.165, 1.54) is 0 Å². The predicted octanol–water partition coefficient (Wildman–Crippen LogP) is 1.21. The van der Waals surface area contributed by atoms with Crippen LogP contribution in [0.4, 0.5) is 0 Å². The molecule has 0 aliphatic carbocycles. The van der Waals surface area contributed by atoms with Gasteiger partial charge in [-0.15, -0.1) is 0 Å². The first kappa shape index (κ1) is 13.4.